The van der Waals surface area contributed by atoms with Crippen LogP contribution in [0.3, 0.4) is 0 Å². The molecule has 2 aromatic carbocycles. The molecule has 0 saturated carbocycles. The Kier molecular flexibility index (Phi) is 5.20. The molecular formula is C19H16BrFO4. The van der Waals surface area contributed by atoms with Crippen LogP contribution in [0.25, 0.3) is 6.08 Å². The fraction of sp³-hybridized carbons (Fsp3) is 0.211. The predicted octanol–water partition coefficient (Wildman–Crippen LogP) is 4.50. The van der Waals surface area contributed by atoms with Crippen LogP contribution in [0.5, 0.6) is 11.5 Å². The van der Waals surface area contributed by atoms with Gasteiger partial charge in [0.1, 0.15) is 22.9 Å². The van der Waals surface area contributed by atoms with E-state index in [2.05, 4.69) is 15.9 Å². The summed E-state index contributed by atoms with van der Waals surface area (Å²) in [4.78, 5) is 12.6. The first-order chi connectivity index (χ1) is 12.0. The summed E-state index contributed by atoms with van der Waals surface area (Å²) in [5.41, 5.74) is 2.10. The SMILES string of the molecule is CCc1ccc2c(c1)C=C(C(=O)Oc1cc(F)ccc1Br)C(OC)O2. The second-order valence-corrected chi connectivity index (χ2v) is 6.33. The molecule has 4 nitrogen and oxygen atoms in total. The topological polar surface area (TPSA) is 44.8 Å². The standard InChI is InChI=1S/C19H16BrFO4/c1-3-11-4-7-16-12(8-11)9-14(19(23-2)25-16)18(22)24-17-10-13(21)5-6-15(17)20/h4-10,19H,3H2,1-2H3. The van der Waals surface area contributed by atoms with E-state index in [1.165, 1.54) is 19.2 Å². The highest BCUT2D eigenvalue weighted by molar-refractivity contribution is 9.10. The second-order valence-electron chi connectivity index (χ2n) is 5.48. The summed E-state index contributed by atoms with van der Waals surface area (Å²) in [5, 5.41) is 0. The van der Waals surface area contributed by atoms with E-state index in [0.717, 1.165) is 23.6 Å². The van der Waals surface area contributed by atoms with Crippen molar-refractivity contribution in [2.75, 3.05) is 7.11 Å². The normalized spacial score (nSPS) is 15.8. The van der Waals surface area contributed by atoms with Gasteiger partial charge in [0.25, 0.3) is 0 Å². The van der Waals surface area contributed by atoms with Gasteiger partial charge in [-0.25, -0.2) is 9.18 Å². The largest absolute Gasteiger partial charge is 0.460 e. The van der Waals surface area contributed by atoms with Gasteiger partial charge in [0.15, 0.2) is 0 Å². The number of methoxy groups -OCH3 is 1. The first kappa shape index (κ1) is 17.6. The summed E-state index contributed by atoms with van der Waals surface area (Å²) < 4.78 is 30.2. The fourth-order valence-corrected chi connectivity index (χ4v) is 2.82. The average Bonchev–Trinajstić information content (AvgIpc) is 2.62. The zero-order chi connectivity index (χ0) is 18.0. The molecule has 130 valence electrons. The molecule has 0 spiro atoms. The minimum absolute atomic E-state index is 0.0915. The van der Waals surface area contributed by atoms with Crippen molar-refractivity contribution in [3.63, 3.8) is 0 Å². The lowest BCUT2D eigenvalue weighted by atomic mass is 10.0. The molecule has 0 radical (unpaired) electrons. The van der Waals surface area contributed by atoms with Gasteiger partial charge < -0.3 is 14.2 Å². The Morgan fingerprint density at radius 2 is 2.08 bits per heavy atom. The molecule has 0 amide bonds. The van der Waals surface area contributed by atoms with Gasteiger partial charge >= 0.3 is 5.97 Å². The molecule has 1 heterocycles. The van der Waals surface area contributed by atoms with Gasteiger partial charge in [-0.1, -0.05) is 13.0 Å². The van der Waals surface area contributed by atoms with Crippen molar-refractivity contribution in [2.45, 2.75) is 19.6 Å². The summed E-state index contributed by atoms with van der Waals surface area (Å²) in [6.45, 7) is 2.05. The van der Waals surface area contributed by atoms with Gasteiger partial charge in [0, 0.05) is 18.7 Å². The van der Waals surface area contributed by atoms with Gasteiger partial charge in [0.2, 0.25) is 6.29 Å². The Morgan fingerprint density at radius 3 is 2.80 bits per heavy atom. The zero-order valence-corrected chi connectivity index (χ0v) is 15.3. The number of esters is 1. The molecule has 3 rings (SSSR count). The highest BCUT2D eigenvalue weighted by Crippen LogP contribution is 2.33. The van der Waals surface area contributed by atoms with Crippen LogP contribution in [0.2, 0.25) is 0 Å². The van der Waals surface area contributed by atoms with E-state index in [0.29, 0.717) is 10.2 Å². The van der Waals surface area contributed by atoms with E-state index >= 15 is 0 Å². The number of aryl methyl sites for hydroxylation is 1. The maximum absolute atomic E-state index is 13.4. The number of carbonyl (C=O) groups excluding carboxylic acids is 1. The predicted molar refractivity (Wildman–Crippen MR) is 95.0 cm³/mol. The molecule has 0 aliphatic carbocycles. The molecule has 2 aromatic rings. The maximum atomic E-state index is 13.4. The summed E-state index contributed by atoms with van der Waals surface area (Å²) >= 11 is 3.23. The Balaban J connectivity index is 1.93. The van der Waals surface area contributed by atoms with E-state index < -0.39 is 18.1 Å². The third-order valence-corrected chi connectivity index (χ3v) is 4.48. The van der Waals surface area contributed by atoms with E-state index in [4.69, 9.17) is 14.2 Å². The molecule has 1 unspecified atom stereocenters. The lowest BCUT2D eigenvalue weighted by Gasteiger charge is -2.25. The van der Waals surface area contributed by atoms with E-state index in [9.17, 15) is 9.18 Å². The van der Waals surface area contributed by atoms with Crippen molar-refractivity contribution in [3.05, 3.63) is 63.4 Å². The van der Waals surface area contributed by atoms with Crippen LogP contribution in [0.4, 0.5) is 4.39 Å². The molecule has 0 bridgehead atoms. The molecule has 0 aromatic heterocycles. The maximum Gasteiger partial charge on any atom is 0.345 e. The number of fused-ring (bicyclic) bond motifs is 1. The highest BCUT2D eigenvalue weighted by Gasteiger charge is 2.29. The number of hydrogen-bond acceptors (Lipinski definition) is 4. The van der Waals surface area contributed by atoms with E-state index in [1.54, 1.807) is 6.08 Å². The smallest absolute Gasteiger partial charge is 0.345 e. The molecular weight excluding hydrogens is 391 g/mol. The summed E-state index contributed by atoms with van der Waals surface area (Å²) in [5.74, 6) is -0.437. The third kappa shape index (κ3) is 3.75. The highest BCUT2D eigenvalue weighted by atomic mass is 79.9. The first-order valence-electron chi connectivity index (χ1n) is 7.73. The number of ether oxygens (including phenoxy) is 3. The van der Waals surface area contributed by atoms with Gasteiger partial charge in [0.05, 0.1) is 4.47 Å². The number of hydrogen-bond donors (Lipinski definition) is 0. The van der Waals surface area contributed by atoms with Crippen molar-refractivity contribution >= 4 is 28.0 Å². The Hall–Kier alpha value is -2.18. The molecule has 0 saturated heterocycles. The van der Waals surface area contributed by atoms with E-state index in [1.807, 2.05) is 25.1 Å². The van der Waals surface area contributed by atoms with Gasteiger partial charge in [-0.2, -0.15) is 0 Å². The van der Waals surface area contributed by atoms with Crippen molar-refractivity contribution < 1.29 is 23.4 Å². The van der Waals surface area contributed by atoms with Gasteiger partial charge in [-0.3, -0.25) is 0 Å². The number of rotatable bonds is 4. The van der Waals surface area contributed by atoms with Crippen LogP contribution in [0, 0.1) is 5.82 Å². The van der Waals surface area contributed by atoms with Crippen LogP contribution < -0.4 is 9.47 Å². The third-order valence-electron chi connectivity index (χ3n) is 3.83. The quantitative estimate of drug-likeness (QED) is 0.553. The molecule has 25 heavy (non-hydrogen) atoms. The molecule has 1 aliphatic rings. The Labute approximate surface area is 153 Å². The fourth-order valence-electron chi connectivity index (χ4n) is 2.50. The minimum atomic E-state index is -0.889. The summed E-state index contributed by atoms with van der Waals surface area (Å²) in [6, 6.07) is 9.64. The van der Waals surface area contributed by atoms with Crippen LogP contribution in [-0.2, 0) is 16.0 Å². The van der Waals surface area contributed by atoms with Crippen LogP contribution in [0.1, 0.15) is 18.1 Å². The van der Waals surface area contributed by atoms with E-state index in [-0.39, 0.29) is 11.3 Å². The average molecular weight is 407 g/mol. The van der Waals surface area contributed by atoms with Gasteiger partial charge in [-0.15, -0.1) is 0 Å². The van der Waals surface area contributed by atoms with Crippen molar-refractivity contribution in [2.24, 2.45) is 0 Å². The molecule has 6 heteroatoms. The number of halogens is 2. The lowest BCUT2D eigenvalue weighted by Crippen LogP contribution is -2.31. The summed E-state index contributed by atoms with van der Waals surface area (Å²) in [6.07, 6.45) is 1.66. The van der Waals surface area contributed by atoms with Crippen LogP contribution >= 0.6 is 15.9 Å². The first-order valence-corrected chi connectivity index (χ1v) is 8.52. The second kappa shape index (κ2) is 7.37. The molecule has 1 aliphatic heterocycles. The number of carbonyl (C=O) groups is 1. The Bertz CT molecular complexity index is 847. The Morgan fingerprint density at radius 1 is 1.28 bits per heavy atom. The van der Waals surface area contributed by atoms with Crippen LogP contribution in [0.15, 0.2) is 46.4 Å². The zero-order valence-electron chi connectivity index (χ0n) is 13.7. The molecule has 0 fully saturated rings. The van der Waals surface area contributed by atoms with Crippen molar-refractivity contribution in [3.8, 4) is 11.5 Å². The van der Waals surface area contributed by atoms with Crippen molar-refractivity contribution in [1.82, 2.24) is 0 Å². The lowest BCUT2D eigenvalue weighted by molar-refractivity contribution is -0.134. The molecule has 0 N–H and O–H groups in total. The number of benzene rings is 2. The van der Waals surface area contributed by atoms with Crippen molar-refractivity contribution in [1.29, 1.82) is 0 Å². The van der Waals surface area contributed by atoms with Gasteiger partial charge in [-0.05, 0) is 58.3 Å². The summed E-state index contributed by atoms with van der Waals surface area (Å²) in [7, 11) is 1.44. The minimum Gasteiger partial charge on any atom is -0.460 e. The molecule has 1 atom stereocenters. The van der Waals surface area contributed by atoms with Crippen LogP contribution in [-0.4, -0.2) is 19.4 Å². The monoisotopic (exact) mass is 406 g/mol.